The van der Waals surface area contributed by atoms with Gasteiger partial charge in [0, 0.05) is 12.3 Å². The molecule has 0 N–H and O–H groups in total. The predicted molar refractivity (Wildman–Crippen MR) is 94.6 cm³/mol. The van der Waals surface area contributed by atoms with E-state index in [9.17, 15) is 0 Å². The number of aryl methyl sites for hydroxylation is 2. The van der Waals surface area contributed by atoms with E-state index in [0.717, 1.165) is 18.8 Å². The first-order valence-electron chi connectivity index (χ1n) is 7.79. The van der Waals surface area contributed by atoms with Crippen molar-refractivity contribution in [1.82, 2.24) is 4.90 Å². The van der Waals surface area contributed by atoms with Crippen molar-refractivity contribution in [3.63, 3.8) is 0 Å². The van der Waals surface area contributed by atoms with E-state index in [1.807, 2.05) is 11.8 Å². The molecule has 0 unspecified atom stereocenters. The molecule has 112 valence electrons. The molecule has 3 heteroatoms. The van der Waals surface area contributed by atoms with E-state index in [-0.39, 0.29) is 5.54 Å². The monoisotopic (exact) mass is 308 g/mol. The highest BCUT2D eigenvalue weighted by Crippen LogP contribution is 2.44. The Hall–Kier alpha value is -1.74. The van der Waals surface area contributed by atoms with Crippen molar-refractivity contribution in [3.8, 4) is 0 Å². The molecule has 4 rings (SSSR count). The zero-order chi connectivity index (χ0) is 15.2. The van der Waals surface area contributed by atoms with Crippen molar-refractivity contribution >= 4 is 16.9 Å². The maximum absolute atomic E-state index is 4.85. The minimum Gasteiger partial charge on any atom is -0.335 e. The van der Waals surface area contributed by atoms with E-state index in [4.69, 9.17) is 4.99 Å². The Kier molecular flexibility index (Phi) is 3.26. The van der Waals surface area contributed by atoms with E-state index in [1.54, 1.807) is 0 Å². The molecule has 0 aliphatic carbocycles. The SMILES string of the molecule is Cc1ccc(C2(c3ccc(C)cc3)CN=C3SCCN32)cc1. The van der Waals surface area contributed by atoms with Crippen molar-refractivity contribution in [2.45, 2.75) is 19.4 Å². The van der Waals surface area contributed by atoms with Crippen molar-refractivity contribution in [2.75, 3.05) is 18.8 Å². The molecule has 0 amide bonds. The van der Waals surface area contributed by atoms with Gasteiger partial charge >= 0.3 is 0 Å². The Morgan fingerprint density at radius 2 is 1.45 bits per heavy atom. The first-order valence-corrected chi connectivity index (χ1v) is 8.78. The molecule has 22 heavy (non-hydrogen) atoms. The van der Waals surface area contributed by atoms with Crippen LogP contribution in [0.2, 0.25) is 0 Å². The molecule has 1 fully saturated rings. The Labute approximate surface area is 136 Å². The second-order valence-corrected chi connectivity index (χ2v) is 7.25. The maximum Gasteiger partial charge on any atom is 0.160 e. The van der Waals surface area contributed by atoms with Crippen LogP contribution >= 0.6 is 11.8 Å². The fourth-order valence-electron chi connectivity index (χ4n) is 3.47. The standard InChI is InChI=1S/C19H20N2S/c1-14-3-7-16(8-4-14)19(17-9-5-15(2)6-10-17)13-20-18-21(19)11-12-22-18/h3-10H,11-13H2,1-2H3. The van der Waals surface area contributed by atoms with Crippen LogP contribution in [0.3, 0.4) is 0 Å². The average Bonchev–Trinajstić information content (AvgIpc) is 3.12. The van der Waals surface area contributed by atoms with Gasteiger partial charge in [0.05, 0.1) is 6.54 Å². The van der Waals surface area contributed by atoms with Gasteiger partial charge in [-0.05, 0) is 25.0 Å². The van der Waals surface area contributed by atoms with Crippen molar-refractivity contribution in [2.24, 2.45) is 4.99 Å². The van der Waals surface area contributed by atoms with Crippen molar-refractivity contribution in [1.29, 1.82) is 0 Å². The molecule has 0 aromatic heterocycles. The number of fused-ring (bicyclic) bond motifs is 1. The quantitative estimate of drug-likeness (QED) is 0.834. The smallest absolute Gasteiger partial charge is 0.160 e. The van der Waals surface area contributed by atoms with Crippen molar-refractivity contribution < 1.29 is 0 Å². The lowest BCUT2D eigenvalue weighted by Gasteiger charge is -2.38. The number of nitrogens with zero attached hydrogens (tertiary/aromatic N) is 2. The van der Waals surface area contributed by atoms with Crippen LogP contribution in [0.25, 0.3) is 0 Å². The minimum atomic E-state index is -0.125. The fourth-order valence-corrected chi connectivity index (χ4v) is 4.49. The fraction of sp³-hybridized carbons (Fsp3) is 0.316. The summed E-state index contributed by atoms with van der Waals surface area (Å²) < 4.78 is 0. The third-order valence-corrected chi connectivity index (χ3v) is 5.73. The van der Waals surface area contributed by atoms with E-state index in [0.29, 0.717) is 0 Å². The number of rotatable bonds is 2. The molecule has 2 aromatic carbocycles. The number of thioether (sulfide) groups is 1. The number of hydrogen-bond donors (Lipinski definition) is 0. The zero-order valence-electron chi connectivity index (χ0n) is 13.0. The third kappa shape index (κ3) is 1.99. The Morgan fingerprint density at radius 1 is 0.909 bits per heavy atom. The highest BCUT2D eigenvalue weighted by atomic mass is 32.2. The van der Waals surface area contributed by atoms with Gasteiger partial charge in [-0.15, -0.1) is 0 Å². The summed E-state index contributed by atoms with van der Waals surface area (Å²) in [4.78, 5) is 7.36. The largest absolute Gasteiger partial charge is 0.335 e. The van der Waals surface area contributed by atoms with Gasteiger partial charge in [-0.25, -0.2) is 0 Å². The number of aliphatic imine (C=N–C) groups is 1. The van der Waals surface area contributed by atoms with Gasteiger partial charge in [-0.1, -0.05) is 71.4 Å². The molecule has 2 aromatic rings. The van der Waals surface area contributed by atoms with Gasteiger partial charge < -0.3 is 4.90 Å². The number of benzene rings is 2. The second-order valence-electron chi connectivity index (χ2n) is 6.19. The van der Waals surface area contributed by atoms with E-state index >= 15 is 0 Å². The molecule has 0 radical (unpaired) electrons. The zero-order valence-corrected chi connectivity index (χ0v) is 13.9. The molecule has 0 atom stereocenters. The van der Waals surface area contributed by atoms with Gasteiger partial charge in [-0.2, -0.15) is 0 Å². The average molecular weight is 308 g/mol. The highest BCUT2D eigenvalue weighted by molar-refractivity contribution is 8.14. The summed E-state index contributed by atoms with van der Waals surface area (Å²) in [5.74, 6) is 1.14. The summed E-state index contributed by atoms with van der Waals surface area (Å²) in [6.45, 7) is 6.18. The van der Waals surface area contributed by atoms with Crippen LogP contribution in [0.5, 0.6) is 0 Å². The molecule has 0 saturated carbocycles. The molecular formula is C19H20N2S. The molecule has 2 nitrogen and oxygen atoms in total. The Balaban J connectivity index is 1.89. The van der Waals surface area contributed by atoms with E-state index in [2.05, 4.69) is 67.3 Å². The van der Waals surface area contributed by atoms with Crippen LogP contribution in [0.4, 0.5) is 0 Å². The van der Waals surface area contributed by atoms with Crippen LogP contribution in [0, 0.1) is 13.8 Å². The first-order chi connectivity index (χ1) is 10.7. The van der Waals surface area contributed by atoms with Gasteiger partial charge in [0.1, 0.15) is 5.54 Å². The summed E-state index contributed by atoms with van der Waals surface area (Å²) in [5, 5.41) is 1.21. The summed E-state index contributed by atoms with van der Waals surface area (Å²) >= 11 is 1.89. The van der Waals surface area contributed by atoms with E-state index < -0.39 is 0 Å². The summed E-state index contributed by atoms with van der Waals surface area (Å²) in [6, 6.07) is 18.0. The lowest BCUT2D eigenvalue weighted by atomic mass is 9.81. The molecule has 1 saturated heterocycles. The number of amidine groups is 1. The number of hydrogen-bond acceptors (Lipinski definition) is 3. The lowest BCUT2D eigenvalue weighted by molar-refractivity contribution is 0.273. The molecule has 0 bridgehead atoms. The summed E-state index contributed by atoms with van der Waals surface area (Å²) in [6.07, 6.45) is 0. The summed E-state index contributed by atoms with van der Waals surface area (Å²) in [7, 11) is 0. The normalized spacial score (nSPS) is 19.2. The molecule has 2 aliphatic rings. The maximum atomic E-state index is 4.85. The molecule has 0 spiro atoms. The molecule has 2 heterocycles. The van der Waals surface area contributed by atoms with Crippen LogP contribution < -0.4 is 0 Å². The van der Waals surface area contributed by atoms with Crippen LogP contribution in [0.15, 0.2) is 53.5 Å². The van der Waals surface area contributed by atoms with Crippen LogP contribution in [-0.4, -0.2) is 28.9 Å². The van der Waals surface area contributed by atoms with Crippen LogP contribution in [0.1, 0.15) is 22.3 Å². The molecule has 2 aliphatic heterocycles. The van der Waals surface area contributed by atoms with Gasteiger partial charge in [0.2, 0.25) is 0 Å². The van der Waals surface area contributed by atoms with Crippen molar-refractivity contribution in [3.05, 3.63) is 70.8 Å². The minimum absolute atomic E-state index is 0.125. The Bertz CT molecular complexity index is 671. The van der Waals surface area contributed by atoms with E-state index in [1.165, 1.54) is 27.4 Å². The summed E-state index contributed by atoms with van der Waals surface area (Å²) in [5.41, 5.74) is 5.18. The highest BCUT2D eigenvalue weighted by Gasteiger charge is 2.47. The third-order valence-electron chi connectivity index (χ3n) is 4.74. The van der Waals surface area contributed by atoms with Gasteiger partial charge in [0.15, 0.2) is 5.17 Å². The first kappa shape index (κ1) is 13.9. The Morgan fingerprint density at radius 3 is 2.00 bits per heavy atom. The van der Waals surface area contributed by atoms with Gasteiger partial charge in [-0.3, -0.25) is 4.99 Å². The topological polar surface area (TPSA) is 15.6 Å². The lowest BCUT2D eigenvalue weighted by Crippen LogP contribution is -2.45. The van der Waals surface area contributed by atoms with Crippen LogP contribution in [-0.2, 0) is 5.54 Å². The van der Waals surface area contributed by atoms with Gasteiger partial charge in [0.25, 0.3) is 0 Å². The molecular weight excluding hydrogens is 288 g/mol. The predicted octanol–water partition coefficient (Wildman–Crippen LogP) is 3.97. The second kappa shape index (κ2) is 5.17.